The molecule has 1 nitrogen and oxygen atoms in total. The van der Waals surface area contributed by atoms with Gasteiger partial charge in [0.25, 0.3) is 0 Å². The third kappa shape index (κ3) is 309. The third-order valence-electron chi connectivity index (χ3n) is 0.632. The molecule has 0 radical (unpaired) electrons. The molecule has 0 N–H and O–H groups in total. The molecular weight excluding hydrogens is 158 g/mol. The predicted molar refractivity (Wildman–Crippen MR) is 65.3 cm³/mol. The van der Waals surface area contributed by atoms with Gasteiger partial charge in [-0.25, -0.2) is 0 Å². The molecule has 0 amide bonds. The molecule has 0 saturated carbocycles. The van der Waals surface area contributed by atoms with Crippen molar-refractivity contribution in [1.82, 2.24) is 4.90 Å². The average Bonchev–Trinajstić information content (AvgIpc) is 1.85. The second kappa shape index (κ2) is 12.0. The Morgan fingerprint density at radius 3 is 0.923 bits per heavy atom. The highest BCUT2D eigenvalue weighted by Crippen LogP contribution is 2.07. The molecule has 0 unspecified atom stereocenters. The fraction of sp³-hybridized carbons (Fsp3) is 1.00. The Morgan fingerprint density at radius 2 is 0.923 bits per heavy atom. The van der Waals surface area contributed by atoms with E-state index in [1.54, 1.807) is 0 Å². The van der Waals surface area contributed by atoms with Crippen LogP contribution < -0.4 is 0 Å². The van der Waals surface area contributed by atoms with Crippen LogP contribution in [0.5, 0.6) is 0 Å². The summed E-state index contributed by atoms with van der Waals surface area (Å²) in [5.41, 5.74) is 0.500. The van der Waals surface area contributed by atoms with Crippen molar-refractivity contribution in [2.24, 2.45) is 5.41 Å². The molecule has 0 bridgehead atoms. The zero-order valence-corrected chi connectivity index (χ0v) is 11.4. The van der Waals surface area contributed by atoms with Gasteiger partial charge in [-0.1, -0.05) is 54.9 Å². The van der Waals surface area contributed by atoms with Crippen LogP contribution >= 0.6 is 0 Å². The van der Waals surface area contributed by atoms with Crippen LogP contribution in [0.3, 0.4) is 0 Å². The van der Waals surface area contributed by atoms with Gasteiger partial charge in [-0.3, -0.25) is 0 Å². The second-order valence-electron chi connectivity index (χ2n) is 5.10. The normalized spacial score (nSPS) is 9.69. The van der Waals surface area contributed by atoms with E-state index >= 15 is 0 Å². The molecule has 0 aromatic heterocycles. The van der Waals surface area contributed by atoms with E-state index in [2.05, 4.69) is 67.5 Å². The van der Waals surface area contributed by atoms with Crippen molar-refractivity contribution < 1.29 is 0 Å². The largest absolute Gasteiger partial charge is 0.310 e. The van der Waals surface area contributed by atoms with E-state index in [4.69, 9.17) is 0 Å². The van der Waals surface area contributed by atoms with Crippen molar-refractivity contribution in [3.8, 4) is 0 Å². The molecular formula is C12H31N. The number of hydrogen-bond acceptors (Lipinski definition) is 1. The monoisotopic (exact) mass is 189 g/mol. The minimum Gasteiger partial charge on any atom is -0.310 e. The van der Waals surface area contributed by atoms with Gasteiger partial charge >= 0.3 is 0 Å². The van der Waals surface area contributed by atoms with Gasteiger partial charge in [0.1, 0.15) is 0 Å². The van der Waals surface area contributed by atoms with E-state index in [0.717, 1.165) is 6.54 Å². The summed E-state index contributed by atoms with van der Waals surface area (Å²) < 4.78 is 0. The van der Waals surface area contributed by atoms with Gasteiger partial charge in [-0.15, -0.1) is 0 Å². The SMILES string of the molecule is CC(C)(C)C.CCC.CCN(C)C. The lowest BCUT2D eigenvalue weighted by atomic mass is 10.0. The summed E-state index contributed by atoms with van der Waals surface area (Å²) in [5.74, 6) is 0. The first-order chi connectivity index (χ1) is 5.68. The van der Waals surface area contributed by atoms with Crippen molar-refractivity contribution in [3.05, 3.63) is 0 Å². The minimum atomic E-state index is 0.500. The van der Waals surface area contributed by atoms with Crippen LogP contribution in [-0.4, -0.2) is 25.5 Å². The molecule has 0 spiro atoms. The van der Waals surface area contributed by atoms with Gasteiger partial charge in [0.05, 0.1) is 0 Å². The Kier molecular flexibility index (Phi) is 17.2. The minimum absolute atomic E-state index is 0.500. The summed E-state index contributed by atoms with van der Waals surface area (Å²) in [6.07, 6.45) is 1.25. The molecule has 13 heavy (non-hydrogen) atoms. The maximum atomic E-state index is 2.19. The van der Waals surface area contributed by atoms with Gasteiger partial charge < -0.3 is 4.90 Å². The summed E-state index contributed by atoms with van der Waals surface area (Å²) in [5, 5.41) is 0. The molecule has 0 aliphatic rings. The zero-order chi connectivity index (χ0) is 11.5. The Labute approximate surface area is 86.5 Å². The lowest BCUT2D eigenvalue weighted by Crippen LogP contribution is -2.08. The maximum absolute atomic E-state index is 2.19. The molecule has 0 aromatic carbocycles. The molecule has 0 atom stereocenters. The Bertz CT molecular complexity index is 63.7. The Balaban J connectivity index is -0.000000120. The van der Waals surface area contributed by atoms with Crippen LogP contribution in [0.15, 0.2) is 0 Å². The van der Waals surface area contributed by atoms with E-state index in [1.807, 2.05) is 0 Å². The number of rotatable bonds is 1. The second-order valence-corrected chi connectivity index (χ2v) is 5.10. The van der Waals surface area contributed by atoms with Gasteiger partial charge in [0.15, 0.2) is 0 Å². The number of nitrogens with zero attached hydrogens (tertiary/aromatic N) is 1. The lowest BCUT2D eigenvalue weighted by Gasteiger charge is -2.05. The number of hydrogen-bond donors (Lipinski definition) is 0. The van der Waals surface area contributed by atoms with Crippen molar-refractivity contribution in [3.63, 3.8) is 0 Å². The Morgan fingerprint density at radius 1 is 0.846 bits per heavy atom. The van der Waals surface area contributed by atoms with Crippen LogP contribution in [0.4, 0.5) is 0 Å². The van der Waals surface area contributed by atoms with E-state index in [0.29, 0.717) is 5.41 Å². The highest BCUT2D eigenvalue weighted by Gasteiger charge is 1.95. The first-order valence-corrected chi connectivity index (χ1v) is 5.33. The molecule has 84 valence electrons. The van der Waals surface area contributed by atoms with Gasteiger partial charge in [-0.05, 0) is 26.1 Å². The standard InChI is InChI=1S/C5H12.C4H11N.C3H8/c1-5(2,3)4;1-4-5(2)3;1-3-2/h1-4H3;4H2,1-3H3;3H2,1-2H3. The molecule has 0 aliphatic carbocycles. The molecule has 0 rings (SSSR count). The third-order valence-corrected chi connectivity index (χ3v) is 0.632. The summed E-state index contributed by atoms with van der Waals surface area (Å²) in [7, 11) is 4.11. The van der Waals surface area contributed by atoms with Gasteiger partial charge in [0, 0.05) is 0 Å². The predicted octanol–water partition coefficient (Wildman–Crippen LogP) is 4.04. The van der Waals surface area contributed by atoms with Crippen LogP contribution in [0.2, 0.25) is 0 Å². The average molecular weight is 189 g/mol. The van der Waals surface area contributed by atoms with Crippen molar-refractivity contribution in [1.29, 1.82) is 0 Å². The molecule has 0 aliphatic heterocycles. The van der Waals surface area contributed by atoms with Crippen LogP contribution in [-0.2, 0) is 0 Å². The van der Waals surface area contributed by atoms with Crippen LogP contribution in [0.1, 0.15) is 54.9 Å². The van der Waals surface area contributed by atoms with E-state index in [-0.39, 0.29) is 0 Å². The van der Waals surface area contributed by atoms with E-state index in [1.165, 1.54) is 6.42 Å². The smallest absolute Gasteiger partial charge is 0.00533 e. The summed E-state index contributed by atoms with van der Waals surface area (Å²) in [4.78, 5) is 2.12. The molecule has 0 heterocycles. The van der Waals surface area contributed by atoms with Crippen molar-refractivity contribution >= 4 is 0 Å². The topological polar surface area (TPSA) is 3.24 Å². The first-order valence-electron chi connectivity index (χ1n) is 5.33. The highest BCUT2D eigenvalue weighted by atomic mass is 15.0. The maximum Gasteiger partial charge on any atom is -0.00533 e. The first kappa shape index (κ1) is 18.7. The van der Waals surface area contributed by atoms with E-state index in [9.17, 15) is 0 Å². The molecule has 1 heteroatoms. The molecule has 0 fully saturated rings. The molecule has 0 saturated heterocycles. The van der Waals surface area contributed by atoms with Crippen LogP contribution in [0, 0.1) is 5.41 Å². The quantitative estimate of drug-likeness (QED) is 0.602. The van der Waals surface area contributed by atoms with Gasteiger partial charge in [-0.2, -0.15) is 0 Å². The highest BCUT2D eigenvalue weighted by molar-refractivity contribution is 4.47. The van der Waals surface area contributed by atoms with Crippen molar-refractivity contribution in [2.75, 3.05) is 20.6 Å². The van der Waals surface area contributed by atoms with Crippen molar-refractivity contribution in [2.45, 2.75) is 54.9 Å². The van der Waals surface area contributed by atoms with Crippen LogP contribution in [0.25, 0.3) is 0 Å². The Hall–Kier alpha value is -0.0400. The zero-order valence-electron chi connectivity index (χ0n) is 11.4. The lowest BCUT2D eigenvalue weighted by molar-refractivity contribution is 0.434. The summed E-state index contributed by atoms with van der Waals surface area (Å²) in [6, 6.07) is 0. The summed E-state index contributed by atoms with van der Waals surface area (Å²) in [6.45, 7) is 16.3. The molecule has 0 aromatic rings. The summed E-state index contributed by atoms with van der Waals surface area (Å²) >= 11 is 0. The van der Waals surface area contributed by atoms with E-state index < -0.39 is 0 Å². The van der Waals surface area contributed by atoms with Gasteiger partial charge in [0.2, 0.25) is 0 Å². The fourth-order valence-electron chi connectivity index (χ4n) is 0. The fourth-order valence-corrected chi connectivity index (χ4v) is 0.